The largest absolute Gasteiger partial charge is 0.493 e. The summed E-state index contributed by atoms with van der Waals surface area (Å²) in [5.41, 5.74) is 0.777. The predicted octanol–water partition coefficient (Wildman–Crippen LogP) is 3.20. The summed E-state index contributed by atoms with van der Waals surface area (Å²) in [6, 6.07) is 3.17. The Morgan fingerprint density at radius 1 is 1.12 bits per heavy atom. The highest BCUT2D eigenvalue weighted by molar-refractivity contribution is 6.36. The van der Waals surface area contributed by atoms with Gasteiger partial charge in [-0.25, -0.2) is 0 Å². The van der Waals surface area contributed by atoms with E-state index in [2.05, 4.69) is 4.98 Å². The fraction of sp³-hybridized carbons (Fsp3) is 0.294. The topological polar surface area (TPSA) is 77.9 Å². The number of hydrogen-bond donors (Lipinski definition) is 1. The minimum atomic E-state index is -0.261. The minimum absolute atomic E-state index is 0.0255. The summed E-state index contributed by atoms with van der Waals surface area (Å²) in [5, 5.41) is 9.60. The van der Waals surface area contributed by atoms with E-state index in [4.69, 9.17) is 42.5 Å². The molecule has 1 heterocycles. The molecular formula is C17H17Cl2NO5. The number of Topliss-reactive ketones (excluding diaryl/α,β-unsaturated/α-hetero) is 1. The van der Waals surface area contributed by atoms with Crippen molar-refractivity contribution in [1.29, 1.82) is 0 Å². The van der Waals surface area contributed by atoms with Crippen molar-refractivity contribution in [1.82, 2.24) is 4.98 Å². The van der Waals surface area contributed by atoms with Crippen LogP contribution < -0.4 is 14.2 Å². The van der Waals surface area contributed by atoms with Crippen LogP contribution in [0, 0.1) is 0 Å². The second-order valence-electron chi connectivity index (χ2n) is 4.93. The number of nitrogens with zero attached hydrogens (tertiary/aromatic N) is 1. The van der Waals surface area contributed by atoms with Crippen LogP contribution in [0.1, 0.15) is 15.9 Å². The number of carbonyl (C=O) groups is 1. The highest BCUT2D eigenvalue weighted by Crippen LogP contribution is 2.40. The van der Waals surface area contributed by atoms with Gasteiger partial charge in [-0.15, -0.1) is 0 Å². The van der Waals surface area contributed by atoms with Crippen LogP contribution in [0.15, 0.2) is 24.5 Å². The number of aliphatic hydroxyl groups is 1. The molecule has 0 aliphatic heterocycles. The van der Waals surface area contributed by atoms with E-state index >= 15 is 0 Å². The Kier molecular flexibility index (Phi) is 6.87. The first-order valence-electron chi connectivity index (χ1n) is 7.33. The number of pyridine rings is 1. The molecule has 0 bridgehead atoms. The molecule has 1 N–H and O–H groups in total. The number of methoxy groups -OCH3 is 2. The second kappa shape index (κ2) is 8.89. The molecular weight excluding hydrogens is 369 g/mol. The van der Waals surface area contributed by atoms with Crippen molar-refractivity contribution in [2.24, 2.45) is 0 Å². The summed E-state index contributed by atoms with van der Waals surface area (Å²) >= 11 is 12.2. The first-order chi connectivity index (χ1) is 12.0. The molecule has 2 rings (SSSR count). The summed E-state index contributed by atoms with van der Waals surface area (Å²) in [6.07, 6.45) is 2.83. The highest BCUT2D eigenvalue weighted by Gasteiger charge is 2.22. The molecule has 0 saturated heterocycles. The second-order valence-corrected chi connectivity index (χ2v) is 5.75. The molecule has 1 aromatic heterocycles. The summed E-state index contributed by atoms with van der Waals surface area (Å²) in [5.74, 6) is 0.598. The molecule has 0 fully saturated rings. The van der Waals surface area contributed by atoms with Gasteiger partial charge in [-0.1, -0.05) is 23.2 Å². The third-order valence-electron chi connectivity index (χ3n) is 3.43. The first kappa shape index (κ1) is 19.3. The molecule has 0 aliphatic rings. The Hall–Kier alpha value is -2.02. The molecule has 1 aromatic carbocycles. The van der Waals surface area contributed by atoms with Crippen molar-refractivity contribution in [2.75, 3.05) is 27.4 Å². The number of ether oxygens (including phenoxy) is 3. The Labute approximate surface area is 155 Å². The number of benzene rings is 1. The van der Waals surface area contributed by atoms with Gasteiger partial charge in [0.05, 0.1) is 36.4 Å². The smallest absolute Gasteiger partial charge is 0.204 e. The molecule has 134 valence electrons. The van der Waals surface area contributed by atoms with Crippen LogP contribution in [0.5, 0.6) is 17.2 Å². The van der Waals surface area contributed by atoms with Crippen LogP contribution in [0.3, 0.4) is 0 Å². The van der Waals surface area contributed by atoms with E-state index in [9.17, 15) is 4.79 Å². The number of carbonyl (C=O) groups excluding carboxylic acids is 1. The lowest BCUT2D eigenvalue weighted by atomic mass is 10.0. The average Bonchev–Trinajstić information content (AvgIpc) is 2.61. The van der Waals surface area contributed by atoms with Crippen LogP contribution in [-0.2, 0) is 6.42 Å². The Morgan fingerprint density at radius 3 is 2.36 bits per heavy atom. The quantitative estimate of drug-likeness (QED) is 0.702. The van der Waals surface area contributed by atoms with Gasteiger partial charge in [-0.05, 0) is 12.1 Å². The number of halogens is 2. The molecule has 8 heteroatoms. The van der Waals surface area contributed by atoms with Gasteiger partial charge in [0.1, 0.15) is 6.61 Å². The zero-order valence-corrected chi connectivity index (χ0v) is 15.2. The molecule has 0 spiro atoms. The molecule has 0 atom stereocenters. The Bertz CT molecular complexity index is 747. The SMILES string of the molecule is COc1ccc(C(=O)Cc2c(Cl)cncc2Cl)c(OC)c1OCCO. The van der Waals surface area contributed by atoms with Crippen molar-refractivity contribution in [3.05, 3.63) is 45.7 Å². The number of rotatable bonds is 8. The maximum atomic E-state index is 12.8. The van der Waals surface area contributed by atoms with Gasteiger partial charge in [0.25, 0.3) is 0 Å². The van der Waals surface area contributed by atoms with Gasteiger partial charge < -0.3 is 19.3 Å². The van der Waals surface area contributed by atoms with Crippen LogP contribution in [0.25, 0.3) is 0 Å². The Balaban J connectivity index is 2.42. The molecule has 0 saturated carbocycles. The average molecular weight is 386 g/mol. The fourth-order valence-electron chi connectivity index (χ4n) is 2.27. The summed E-state index contributed by atoms with van der Waals surface area (Å²) < 4.78 is 16.1. The summed E-state index contributed by atoms with van der Waals surface area (Å²) in [7, 11) is 2.89. The van der Waals surface area contributed by atoms with Crippen molar-refractivity contribution < 1.29 is 24.1 Å². The van der Waals surface area contributed by atoms with Gasteiger partial charge in [-0.2, -0.15) is 0 Å². The monoisotopic (exact) mass is 385 g/mol. The number of hydrogen-bond acceptors (Lipinski definition) is 6. The number of aliphatic hydroxyl groups excluding tert-OH is 1. The lowest BCUT2D eigenvalue weighted by Gasteiger charge is -2.17. The van der Waals surface area contributed by atoms with E-state index in [0.29, 0.717) is 26.9 Å². The minimum Gasteiger partial charge on any atom is -0.493 e. The molecule has 0 aliphatic carbocycles. The van der Waals surface area contributed by atoms with Gasteiger partial charge in [-0.3, -0.25) is 9.78 Å². The number of ketones is 1. The zero-order chi connectivity index (χ0) is 18.4. The van der Waals surface area contributed by atoms with Gasteiger partial charge in [0.15, 0.2) is 17.3 Å². The molecule has 25 heavy (non-hydrogen) atoms. The number of aromatic nitrogens is 1. The van der Waals surface area contributed by atoms with Crippen molar-refractivity contribution in [2.45, 2.75) is 6.42 Å². The van der Waals surface area contributed by atoms with E-state index in [1.165, 1.54) is 26.6 Å². The lowest BCUT2D eigenvalue weighted by molar-refractivity contribution is 0.0988. The first-order valence-corrected chi connectivity index (χ1v) is 8.08. The van der Waals surface area contributed by atoms with E-state index in [0.717, 1.165) is 0 Å². The standard InChI is InChI=1S/C17H17Cl2NO5/c1-23-15-4-3-10(16(24-2)17(15)25-6-5-21)14(22)7-11-12(18)8-20-9-13(11)19/h3-4,8-9,21H,5-7H2,1-2H3. The van der Waals surface area contributed by atoms with E-state index in [-0.39, 0.29) is 36.9 Å². The molecule has 0 amide bonds. The van der Waals surface area contributed by atoms with Crippen molar-refractivity contribution in [3.63, 3.8) is 0 Å². The third kappa shape index (κ3) is 4.34. The molecule has 2 aromatic rings. The molecule has 6 nitrogen and oxygen atoms in total. The maximum Gasteiger partial charge on any atom is 0.204 e. The normalized spacial score (nSPS) is 10.4. The van der Waals surface area contributed by atoms with E-state index < -0.39 is 0 Å². The third-order valence-corrected chi connectivity index (χ3v) is 4.08. The predicted molar refractivity (Wildman–Crippen MR) is 94.4 cm³/mol. The summed E-state index contributed by atoms with van der Waals surface area (Å²) in [4.78, 5) is 16.6. The zero-order valence-electron chi connectivity index (χ0n) is 13.7. The van der Waals surface area contributed by atoms with Crippen LogP contribution >= 0.6 is 23.2 Å². The molecule has 0 radical (unpaired) electrons. The van der Waals surface area contributed by atoms with Crippen LogP contribution in [-0.4, -0.2) is 43.3 Å². The lowest BCUT2D eigenvalue weighted by Crippen LogP contribution is -2.10. The highest BCUT2D eigenvalue weighted by atomic mass is 35.5. The molecule has 0 unspecified atom stereocenters. The van der Waals surface area contributed by atoms with Gasteiger partial charge >= 0.3 is 0 Å². The van der Waals surface area contributed by atoms with Crippen molar-refractivity contribution >= 4 is 29.0 Å². The van der Waals surface area contributed by atoms with Crippen LogP contribution in [0.4, 0.5) is 0 Å². The van der Waals surface area contributed by atoms with Crippen molar-refractivity contribution in [3.8, 4) is 17.2 Å². The van der Waals surface area contributed by atoms with E-state index in [1.54, 1.807) is 12.1 Å². The maximum absolute atomic E-state index is 12.8. The summed E-state index contributed by atoms with van der Waals surface area (Å²) in [6.45, 7) is -0.154. The van der Waals surface area contributed by atoms with Gasteiger partial charge in [0.2, 0.25) is 5.75 Å². The van der Waals surface area contributed by atoms with E-state index in [1.807, 2.05) is 0 Å². The van der Waals surface area contributed by atoms with Crippen LogP contribution in [0.2, 0.25) is 10.0 Å². The fourth-order valence-corrected chi connectivity index (χ4v) is 2.77. The van der Waals surface area contributed by atoms with Gasteiger partial charge in [0, 0.05) is 24.4 Å². The Morgan fingerprint density at radius 2 is 1.80 bits per heavy atom.